The molecule has 0 bridgehead atoms. The molecule has 0 radical (unpaired) electrons. The third-order valence-corrected chi connectivity index (χ3v) is 3.19. The Hall–Kier alpha value is -1.99. The SMILES string of the molecule is CC(Oc1ccc(Cl)cc1)C(=O)NOC1CN(C(=O)O)C1. The summed E-state index contributed by atoms with van der Waals surface area (Å²) in [4.78, 5) is 28.6. The molecule has 7 nitrogen and oxygen atoms in total. The quantitative estimate of drug-likeness (QED) is 0.804. The molecule has 1 aliphatic heterocycles. The number of nitrogens with zero attached hydrogens (tertiary/aromatic N) is 1. The number of likely N-dealkylation sites (tertiary alicyclic amines) is 1. The van der Waals surface area contributed by atoms with Crippen LogP contribution in [0.4, 0.5) is 4.79 Å². The number of hydrogen-bond donors (Lipinski definition) is 2. The number of rotatable bonds is 5. The minimum atomic E-state index is -0.999. The predicted octanol–water partition coefficient (Wildman–Crippen LogP) is 1.52. The van der Waals surface area contributed by atoms with Crippen LogP contribution >= 0.6 is 11.6 Å². The number of benzene rings is 1. The van der Waals surface area contributed by atoms with Crippen LogP contribution in [0.15, 0.2) is 24.3 Å². The van der Waals surface area contributed by atoms with Crippen molar-refractivity contribution in [3.63, 3.8) is 0 Å². The first kappa shape index (κ1) is 15.4. The summed E-state index contributed by atoms with van der Waals surface area (Å²) in [6.45, 7) is 2.06. The van der Waals surface area contributed by atoms with Crippen LogP contribution in [0.5, 0.6) is 5.75 Å². The first-order valence-corrected chi connectivity index (χ1v) is 6.69. The van der Waals surface area contributed by atoms with Crippen molar-refractivity contribution in [2.45, 2.75) is 19.1 Å². The fraction of sp³-hybridized carbons (Fsp3) is 0.385. The van der Waals surface area contributed by atoms with Crippen LogP contribution in [0.1, 0.15) is 6.92 Å². The minimum Gasteiger partial charge on any atom is -0.481 e. The van der Waals surface area contributed by atoms with Crippen molar-refractivity contribution in [2.24, 2.45) is 0 Å². The second-order valence-corrected chi connectivity index (χ2v) is 5.04. The first-order chi connectivity index (χ1) is 9.95. The molecule has 1 aliphatic rings. The van der Waals surface area contributed by atoms with E-state index in [4.69, 9.17) is 26.3 Å². The van der Waals surface area contributed by atoms with E-state index < -0.39 is 18.1 Å². The lowest BCUT2D eigenvalue weighted by atomic mass is 10.2. The molecule has 0 saturated carbocycles. The van der Waals surface area contributed by atoms with E-state index in [2.05, 4.69) is 5.48 Å². The van der Waals surface area contributed by atoms with Crippen LogP contribution in [0.3, 0.4) is 0 Å². The van der Waals surface area contributed by atoms with E-state index in [1.807, 2.05) is 0 Å². The van der Waals surface area contributed by atoms with Gasteiger partial charge in [0.05, 0.1) is 13.1 Å². The summed E-state index contributed by atoms with van der Waals surface area (Å²) in [5.74, 6) is 0.0708. The Morgan fingerprint density at radius 3 is 2.57 bits per heavy atom. The molecule has 2 rings (SSSR count). The molecule has 1 aromatic carbocycles. The highest BCUT2D eigenvalue weighted by Gasteiger charge is 2.32. The average molecular weight is 315 g/mol. The molecule has 0 aromatic heterocycles. The molecule has 114 valence electrons. The first-order valence-electron chi connectivity index (χ1n) is 6.31. The number of hydrogen-bond acceptors (Lipinski definition) is 4. The van der Waals surface area contributed by atoms with Crippen LogP contribution in [0.2, 0.25) is 5.02 Å². The molecule has 1 fully saturated rings. The zero-order valence-corrected chi connectivity index (χ0v) is 12.0. The summed E-state index contributed by atoms with van der Waals surface area (Å²) in [5.41, 5.74) is 2.27. The van der Waals surface area contributed by atoms with E-state index in [9.17, 15) is 9.59 Å². The predicted molar refractivity (Wildman–Crippen MR) is 74.2 cm³/mol. The Labute approximate surface area is 126 Å². The van der Waals surface area contributed by atoms with Gasteiger partial charge in [-0.15, -0.1) is 0 Å². The minimum absolute atomic E-state index is 0.238. The number of carbonyl (C=O) groups is 2. The number of carboxylic acid groups (broad SMARTS) is 1. The summed E-state index contributed by atoms with van der Waals surface area (Å²) in [6, 6.07) is 6.63. The maximum atomic E-state index is 11.8. The number of nitrogens with one attached hydrogen (secondary N) is 1. The third kappa shape index (κ3) is 4.24. The van der Waals surface area contributed by atoms with Crippen molar-refractivity contribution in [2.75, 3.05) is 13.1 Å². The maximum absolute atomic E-state index is 11.8. The van der Waals surface area contributed by atoms with Gasteiger partial charge in [-0.3, -0.25) is 9.63 Å². The summed E-state index contributed by atoms with van der Waals surface area (Å²) < 4.78 is 5.42. The number of ether oxygens (including phenoxy) is 1. The van der Waals surface area contributed by atoms with Gasteiger partial charge in [-0.05, 0) is 31.2 Å². The number of carbonyl (C=O) groups excluding carboxylic acids is 1. The Morgan fingerprint density at radius 1 is 1.38 bits per heavy atom. The number of hydroxylamine groups is 1. The average Bonchev–Trinajstić information content (AvgIpc) is 2.38. The highest BCUT2D eigenvalue weighted by molar-refractivity contribution is 6.30. The summed E-state index contributed by atoms with van der Waals surface area (Å²) in [6.07, 6.45) is -2.07. The van der Waals surface area contributed by atoms with Crippen molar-refractivity contribution in [3.05, 3.63) is 29.3 Å². The zero-order valence-electron chi connectivity index (χ0n) is 11.3. The monoisotopic (exact) mass is 314 g/mol. The van der Waals surface area contributed by atoms with E-state index >= 15 is 0 Å². The third-order valence-electron chi connectivity index (χ3n) is 2.94. The molecule has 0 aliphatic carbocycles. The molecule has 1 heterocycles. The lowest BCUT2D eigenvalue weighted by Gasteiger charge is -2.36. The van der Waals surface area contributed by atoms with Crippen molar-refractivity contribution in [1.29, 1.82) is 0 Å². The van der Waals surface area contributed by atoms with Gasteiger partial charge in [0.1, 0.15) is 11.9 Å². The van der Waals surface area contributed by atoms with Gasteiger partial charge < -0.3 is 14.7 Å². The summed E-state index contributed by atoms with van der Waals surface area (Å²) in [5, 5.41) is 9.23. The Morgan fingerprint density at radius 2 is 2.00 bits per heavy atom. The largest absolute Gasteiger partial charge is 0.481 e. The number of amides is 2. The van der Waals surface area contributed by atoms with Crippen molar-refractivity contribution >= 4 is 23.6 Å². The lowest BCUT2D eigenvalue weighted by Crippen LogP contribution is -2.56. The van der Waals surface area contributed by atoms with Gasteiger partial charge in [-0.2, -0.15) is 0 Å². The molecule has 1 saturated heterocycles. The summed E-state index contributed by atoms with van der Waals surface area (Å²) in [7, 11) is 0. The van der Waals surface area contributed by atoms with E-state index in [-0.39, 0.29) is 19.2 Å². The van der Waals surface area contributed by atoms with Crippen molar-refractivity contribution in [3.8, 4) is 5.75 Å². The second-order valence-electron chi connectivity index (χ2n) is 4.61. The van der Waals surface area contributed by atoms with Crippen LogP contribution in [-0.4, -0.2) is 47.3 Å². The maximum Gasteiger partial charge on any atom is 0.407 e. The molecule has 1 aromatic rings. The Kier molecular flexibility index (Phi) is 4.87. The van der Waals surface area contributed by atoms with E-state index in [0.717, 1.165) is 0 Å². The van der Waals surface area contributed by atoms with Crippen LogP contribution < -0.4 is 10.2 Å². The van der Waals surface area contributed by atoms with Crippen LogP contribution in [0, 0.1) is 0 Å². The van der Waals surface area contributed by atoms with Crippen molar-refractivity contribution < 1.29 is 24.3 Å². The molecule has 1 unspecified atom stereocenters. The molecule has 2 N–H and O–H groups in total. The van der Waals surface area contributed by atoms with E-state index in [1.165, 1.54) is 4.90 Å². The highest BCUT2D eigenvalue weighted by Crippen LogP contribution is 2.17. The number of halogens is 1. The smallest absolute Gasteiger partial charge is 0.407 e. The van der Waals surface area contributed by atoms with E-state index in [0.29, 0.717) is 10.8 Å². The van der Waals surface area contributed by atoms with Crippen LogP contribution in [-0.2, 0) is 9.63 Å². The van der Waals surface area contributed by atoms with Gasteiger partial charge in [-0.25, -0.2) is 10.3 Å². The second kappa shape index (κ2) is 6.64. The molecular formula is C13H15ClN2O5. The Bertz CT molecular complexity index is 516. The molecular weight excluding hydrogens is 300 g/mol. The lowest BCUT2D eigenvalue weighted by molar-refractivity contribution is -0.152. The van der Waals surface area contributed by atoms with Gasteiger partial charge in [0.15, 0.2) is 6.10 Å². The van der Waals surface area contributed by atoms with Gasteiger partial charge in [0.25, 0.3) is 5.91 Å². The van der Waals surface area contributed by atoms with Gasteiger partial charge in [0.2, 0.25) is 0 Å². The molecule has 1 atom stereocenters. The fourth-order valence-electron chi connectivity index (χ4n) is 1.66. The zero-order chi connectivity index (χ0) is 15.4. The van der Waals surface area contributed by atoms with Gasteiger partial charge in [-0.1, -0.05) is 11.6 Å². The topological polar surface area (TPSA) is 88.1 Å². The molecule has 2 amide bonds. The Balaban J connectivity index is 1.71. The van der Waals surface area contributed by atoms with E-state index in [1.54, 1.807) is 31.2 Å². The molecule has 0 spiro atoms. The van der Waals surface area contributed by atoms with Gasteiger partial charge in [0, 0.05) is 5.02 Å². The van der Waals surface area contributed by atoms with Crippen LogP contribution in [0.25, 0.3) is 0 Å². The normalized spacial score (nSPS) is 16.0. The highest BCUT2D eigenvalue weighted by atomic mass is 35.5. The summed E-state index contributed by atoms with van der Waals surface area (Å²) >= 11 is 5.75. The molecule has 21 heavy (non-hydrogen) atoms. The van der Waals surface area contributed by atoms with Gasteiger partial charge >= 0.3 is 6.09 Å². The fourth-order valence-corrected chi connectivity index (χ4v) is 1.79. The molecule has 8 heteroatoms. The van der Waals surface area contributed by atoms with Crippen molar-refractivity contribution in [1.82, 2.24) is 10.4 Å². The standard InChI is InChI=1S/C13H15ClN2O5/c1-8(20-10-4-2-9(14)3-5-10)12(17)15-21-11-6-16(7-11)13(18)19/h2-5,8,11H,6-7H2,1H3,(H,15,17)(H,18,19).